The number of aryl methyl sites for hydroxylation is 1. The normalized spacial score (nSPS) is 16.2. The second-order valence-corrected chi connectivity index (χ2v) is 10.7. The molecule has 2 aliphatic rings. The largest absolute Gasteiger partial charge is 0.481 e. The van der Waals surface area contributed by atoms with Crippen LogP contribution in [0.1, 0.15) is 65.8 Å². The Balaban J connectivity index is 1.33. The van der Waals surface area contributed by atoms with Gasteiger partial charge in [0.05, 0.1) is 12.5 Å². The minimum atomic E-state index is -0.843. The van der Waals surface area contributed by atoms with Crippen LogP contribution in [0.15, 0.2) is 77.9 Å². The molecule has 1 heterocycles. The lowest BCUT2D eigenvalue weighted by molar-refractivity contribution is -0.137. The van der Waals surface area contributed by atoms with E-state index in [4.69, 9.17) is 9.84 Å². The number of hydrogen-bond acceptors (Lipinski definition) is 5. The molecule has 1 saturated carbocycles. The summed E-state index contributed by atoms with van der Waals surface area (Å²) in [5.41, 5.74) is 5.20. The number of nitrogens with one attached hydrogen (secondary N) is 1. The number of carboxylic acid groups (broad SMARTS) is 1. The molecule has 0 spiro atoms. The van der Waals surface area contributed by atoms with Gasteiger partial charge in [-0.15, -0.1) is 5.10 Å². The molecule has 2 amide bonds. The third-order valence-electron chi connectivity index (χ3n) is 7.99. The van der Waals surface area contributed by atoms with E-state index in [1.807, 2.05) is 79.7 Å². The van der Waals surface area contributed by atoms with Crippen molar-refractivity contribution in [1.29, 1.82) is 0 Å². The van der Waals surface area contributed by atoms with Crippen LogP contribution < -0.4 is 5.32 Å². The van der Waals surface area contributed by atoms with Crippen LogP contribution >= 0.6 is 0 Å². The van der Waals surface area contributed by atoms with Crippen LogP contribution in [0.25, 0.3) is 0 Å². The van der Waals surface area contributed by atoms with Crippen molar-refractivity contribution >= 4 is 29.4 Å². The summed E-state index contributed by atoms with van der Waals surface area (Å²) >= 11 is 0. The average Bonchev–Trinajstić information content (AvgIpc) is 3.50. The Bertz CT molecular complexity index is 1430. The molecule has 3 aromatic rings. The molecule has 8 nitrogen and oxygen atoms in total. The molecule has 212 valence electrons. The predicted octanol–water partition coefficient (Wildman–Crippen LogP) is 5.65. The van der Waals surface area contributed by atoms with Crippen LogP contribution in [-0.2, 0) is 32.1 Å². The SMILES string of the molecule is Cc1c(CCC(=O)O)cccc1NC(=O)[C@H](c1ccc(CN2N=C(c3ccccc3)OCC2=O)cc1)C1CCCC1. The summed E-state index contributed by atoms with van der Waals surface area (Å²) in [6.45, 7) is 2.17. The van der Waals surface area contributed by atoms with E-state index in [0.29, 0.717) is 18.9 Å². The molecular formula is C33H35N3O5. The first kappa shape index (κ1) is 28.1. The second-order valence-electron chi connectivity index (χ2n) is 10.7. The van der Waals surface area contributed by atoms with Crippen LogP contribution in [0, 0.1) is 12.8 Å². The molecular weight excluding hydrogens is 518 g/mol. The fraction of sp³-hybridized carbons (Fsp3) is 0.333. The van der Waals surface area contributed by atoms with Gasteiger partial charge in [0.2, 0.25) is 11.8 Å². The molecule has 0 aromatic heterocycles. The number of ether oxygens (including phenoxy) is 1. The highest BCUT2D eigenvalue weighted by Gasteiger charge is 2.32. The standard InChI is InChI=1S/C33H35N3O5/c1-22-24(18-19-30(38)39)12-7-13-28(22)34-32(40)31(25-8-5-6-9-25)26-16-14-23(15-17-26)20-36-29(37)21-41-33(35-36)27-10-3-2-4-11-27/h2-4,7,10-17,25,31H,5-6,8-9,18-21H2,1H3,(H,34,40)(H,38,39)/t31-/m0/s1. The van der Waals surface area contributed by atoms with Crippen LogP contribution in [-0.4, -0.2) is 40.4 Å². The predicted molar refractivity (Wildman–Crippen MR) is 156 cm³/mol. The molecule has 8 heteroatoms. The lowest BCUT2D eigenvalue weighted by atomic mass is 9.83. The Morgan fingerprint density at radius 2 is 1.76 bits per heavy atom. The number of rotatable bonds is 10. The number of benzene rings is 3. The van der Waals surface area contributed by atoms with Gasteiger partial charge in [0.15, 0.2) is 6.61 Å². The highest BCUT2D eigenvalue weighted by atomic mass is 16.5. The maximum absolute atomic E-state index is 13.8. The van der Waals surface area contributed by atoms with Crippen LogP contribution in [0.2, 0.25) is 0 Å². The molecule has 1 atom stereocenters. The van der Waals surface area contributed by atoms with E-state index < -0.39 is 5.97 Å². The molecule has 1 aliphatic carbocycles. The first-order chi connectivity index (χ1) is 19.9. The van der Waals surface area contributed by atoms with Gasteiger partial charge in [0, 0.05) is 17.7 Å². The van der Waals surface area contributed by atoms with Crippen LogP contribution in [0.4, 0.5) is 5.69 Å². The van der Waals surface area contributed by atoms with Gasteiger partial charge in [-0.25, -0.2) is 5.01 Å². The van der Waals surface area contributed by atoms with Gasteiger partial charge < -0.3 is 15.2 Å². The molecule has 5 rings (SSSR count). The van der Waals surface area contributed by atoms with Gasteiger partial charge in [-0.05, 0) is 72.6 Å². The number of carbonyl (C=O) groups is 3. The third-order valence-corrected chi connectivity index (χ3v) is 7.99. The van der Waals surface area contributed by atoms with Gasteiger partial charge >= 0.3 is 5.97 Å². The van der Waals surface area contributed by atoms with E-state index in [1.54, 1.807) is 0 Å². The van der Waals surface area contributed by atoms with Crippen molar-refractivity contribution < 1.29 is 24.2 Å². The summed E-state index contributed by atoms with van der Waals surface area (Å²) in [5, 5.41) is 18.1. The Hall–Kier alpha value is -4.46. The minimum Gasteiger partial charge on any atom is -0.481 e. The lowest BCUT2D eigenvalue weighted by Gasteiger charge is -2.25. The van der Waals surface area contributed by atoms with Gasteiger partial charge in [0.25, 0.3) is 5.91 Å². The number of hydrogen-bond donors (Lipinski definition) is 2. The first-order valence-corrected chi connectivity index (χ1v) is 14.2. The Kier molecular flexibility index (Phi) is 8.77. The molecule has 0 unspecified atom stereocenters. The highest BCUT2D eigenvalue weighted by molar-refractivity contribution is 5.98. The van der Waals surface area contributed by atoms with E-state index in [0.717, 1.165) is 59.2 Å². The van der Waals surface area contributed by atoms with Crippen LogP contribution in [0.5, 0.6) is 0 Å². The topological polar surface area (TPSA) is 108 Å². The van der Waals surface area contributed by atoms with Crippen molar-refractivity contribution in [2.75, 3.05) is 11.9 Å². The smallest absolute Gasteiger partial charge is 0.303 e. The summed E-state index contributed by atoms with van der Waals surface area (Å²) < 4.78 is 5.55. The van der Waals surface area contributed by atoms with Gasteiger partial charge in [-0.2, -0.15) is 0 Å². The van der Waals surface area contributed by atoms with E-state index >= 15 is 0 Å². The minimum absolute atomic E-state index is 0.0458. The van der Waals surface area contributed by atoms with Crippen molar-refractivity contribution in [3.05, 3.63) is 101 Å². The number of nitrogens with zero attached hydrogens (tertiary/aromatic N) is 2. The fourth-order valence-electron chi connectivity index (χ4n) is 5.72. The molecule has 3 aromatic carbocycles. The second kappa shape index (κ2) is 12.8. The van der Waals surface area contributed by atoms with Gasteiger partial charge in [-0.1, -0.05) is 67.4 Å². The van der Waals surface area contributed by atoms with Crippen molar-refractivity contribution in [2.45, 2.75) is 57.9 Å². The number of carbonyl (C=O) groups excluding carboxylic acids is 2. The zero-order valence-electron chi connectivity index (χ0n) is 23.2. The van der Waals surface area contributed by atoms with Crippen molar-refractivity contribution in [3.63, 3.8) is 0 Å². The maximum Gasteiger partial charge on any atom is 0.303 e. The van der Waals surface area contributed by atoms with Crippen LogP contribution in [0.3, 0.4) is 0 Å². The summed E-state index contributed by atoms with van der Waals surface area (Å²) in [5.74, 6) is -0.745. The summed E-state index contributed by atoms with van der Waals surface area (Å²) in [7, 11) is 0. The zero-order valence-corrected chi connectivity index (χ0v) is 23.2. The zero-order chi connectivity index (χ0) is 28.8. The van der Waals surface area contributed by atoms with E-state index in [9.17, 15) is 14.4 Å². The van der Waals surface area contributed by atoms with Gasteiger partial charge in [0.1, 0.15) is 0 Å². The van der Waals surface area contributed by atoms with E-state index in [2.05, 4.69) is 10.4 Å². The summed E-state index contributed by atoms with van der Waals surface area (Å²) in [6.07, 6.45) is 4.67. The maximum atomic E-state index is 13.8. The molecule has 1 aliphatic heterocycles. The highest BCUT2D eigenvalue weighted by Crippen LogP contribution is 2.38. The molecule has 41 heavy (non-hydrogen) atoms. The molecule has 2 N–H and O–H groups in total. The Morgan fingerprint density at radius 3 is 2.46 bits per heavy atom. The molecule has 0 radical (unpaired) electrons. The number of aliphatic carboxylic acids is 1. The average molecular weight is 554 g/mol. The van der Waals surface area contributed by atoms with E-state index in [-0.39, 0.29) is 36.7 Å². The number of amides is 2. The number of carboxylic acids is 1. The molecule has 0 bridgehead atoms. The lowest BCUT2D eigenvalue weighted by Crippen LogP contribution is -2.36. The monoisotopic (exact) mass is 553 g/mol. The summed E-state index contributed by atoms with van der Waals surface area (Å²) in [4.78, 5) is 37.3. The Morgan fingerprint density at radius 1 is 1.02 bits per heavy atom. The number of anilines is 1. The molecule has 0 saturated heterocycles. The number of hydrazone groups is 1. The van der Waals surface area contributed by atoms with Crippen molar-refractivity contribution in [3.8, 4) is 0 Å². The summed E-state index contributed by atoms with van der Waals surface area (Å²) in [6, 6.07) is 23.0. The first-order valence-electron chi connectivity index (χ1n) is 14.2. The quantitative estimate of drug-likeness (QED) is 0.338. The molecule has 1 fully saturated rings. The van der Waals surface area contributed by atoms with E-state index in [1.165, 1.54) is 5.01 Å². The Labute approximate surface area is 240 Å². The van der Waals surface area contributed by atoms with Gasteiger partial charge in [-0.3, -0.25) is 14.4 Å². The van der Waals surface area contributed by atoms with Crippen molar-refractivity contribution in [1.82, 2.24) is 5.01 Å². The van der Waals surface area contributed by atoms with Crippen molar-refractivity contribution in [2.24, 2.45) is 11.0 Å². The third kappa shape index (κ3) is 6.82. The fourth-order valence-corrected chi connectivity index (χ4v) is 5.72.